The van der Waals surface area contributed by atoms with Crippen molar-refractivity contribution in [3.05, 3.63) is 64.7 Å². The van der Waals surface area contributed by atoms with E-state index < -0.39 is 0 Å². The van der Waals surface area contributed by atoms with E-state index in [0.717, 1.165) is 5.92 Å². The molecule has 1 heterocycles. The molecule has 1 saturated heterocycles. The molecule has 2 heteroatoms. The summed E-state index contributed by atoms with van der Waals surface area (Å²) in [5.74, 6) is 0.825. The third kappa shape index (κ3) is 3.08. The number of hydrogen-bond acceptors (Lipinski definition) is 2. The largest absolute Gasteiger partial charge is 0.347 e. The van der Waals surface area contributed by atoms with Gasteiger partial charge in [-0.25, -0.2) is 0 Å². The topological polar surface area (TPSA) is 6.48 Å². The van der Waals surface area contributed by atoms with Gasteiger partial charge < -0.3 is 4.90 Å². The van der Waals surface area contributed by atoms with Crippen molar-refractivity contribution in [2.24, 2.45) is 5.92 Å². The molecule has 1 aliphatic carbocycles. The highest BCUT2D eigenvalue weighted by atomic mass is 15.4. The molecular weight excluding hydrogens is 328 g/mol. The number of anilines is 1. The standard InChI is InChI=1S/C25H34N2/c1-17-11-6-9-16-22(17)27-20(4)24(21-14-7-8-15-21)26(5)25(27)23-18(2)12-10-13-19(23)3/h6,9-13,16,20-21,24-25H,7-8,14-15H2,1-5H3/t20-,24?,25?/m0/s1. The summed E-state index contributed by atoms with van der Waals surface area (Å²) in [6.07, 6.45) is 5.90. The fourth-order valence-electron chi connectivity index (χ4n) is 5.89. The van der Waals surface area contributed by atoms with Gasteiger partial charge in [-0.05, 0) is 81.8 Å². The maximum absolute atomic E-state index is 2.72. The van der Waals surface area contributed by atoms with Crippen LogP contribution >= 0.6 is 0 Å². The molecule has 0 spiro atoms. The quantitative estimate of drug-likeness (QED) is 0.660. The molecule has 0 aromatic heterocycles. The minimum Gasteiger partial charge on any atom is -0.347 e. The molecule has 144 valence electrons. The van der Waals surface area contributed by atoms with Gasteiger partial charge in [-0.3, -0.25) is 4.90 Å². The minimum atomic E-state index is 0.313. The zero-order valence-corrected chi connectivity index (χ0v) is 17.6. The van der Waals surface area contributed by atoms with Gasteiger partial charge in [-0.1, -0.05) is 49.2 Å². The summed E-state index contributed by atoms with van der Waals surface area (Å²) in [6, 6.07) is 16.8. The molecule has 0 N–H and O–H groups in total. The first-order valence-electron chi connectivity index (χ1n) is 10.6. The molecule has 0 bridgehead atoms. The summed E-state index contributed by atoms with van der Waals surface area (Å²) in [6.45, 7) is 9.27. The molecule has 2 fully saturated rings. The first kappa shape index (κ1) is 18.6. The van der Waals surface area contributed by atoms with E-state index in [4.69, 9.17) is 0 Å². The van der Waals surface area contributed by atoms with E-state index in [1.165, 1.54) is 53.6 Å². The van der Waals surface area contributed by atoms with E-state index in [2.05, 4.69) is 87.0 Å². The summed E-state index contributed by atoms with van der Waals surface area (Å²) >= 11 is 0. The second kappa shape index (κ2) is 7.31. The SMILES string of the molecule is Cc1ccccc1N1C(c2c(C)cccc2C)N(C)C(C2CCCC2)[C@@H]1C. The molecule has 1 aliphatic heterocycles. The molecule has 2 unspecified atom stereocenters. The van der Waals surface area contributed by atoms with Crippen molar-refractivity contribution in [3.63, 3.8) is 0 Å². The minimum absolute atomic E-state index is 0.313. The highest BCUT2D eigenvalue weighted by Crippen LogP contribution is 2.47. The third-order valence-corrected chi connectivity index (χ3v) is 7.13. The van der Waals surface area contributed by atoms with Crippen LogP contribution in [0.2, 0.25) is 0 Å². The zero-order chi connectivity index (χ0) is 19.1. The summed E-state index contributed by atoms with van der Waals surface area (Å²) in [5.41, 5.74) is 7.08. The van der Waals surface area contributed by atoms with Gasteiger partial charge in [0.25, 0.3) is 0 Å². The third-order valence-electron chi connectivity index (χ3n) is 7.13. The van der Waals surface area contributed by atoms with Gasteiger partial charge in [0.05, 0.1) is 0 Å². The van der Waals surface area contributed by atoms with E-state index >= 15 is 0 Å². The van der Waals surface area contributed by atoms with Crippen LogP contribution in [-0.4, -0.2) is 24.0 Å². The van der Waals surface area contributed by atoms with Crippen molar-refractivity contribution in [2.45, 2.75) is 71.6 Å². The predicted octanol–water partition coefficient (Wildman–Crippen LogP) is 6.01. The molecule has 27 heavy (non-hydrogen) atoms. The maximum Gasteiger partial charge on any atom is 0.109 e. The van der Waals surface area contributed by atoms with Crippen LogP contribution in [0.3, 0.4) is 0 Å². The van der Waals surface area contributed by atoms with E-state index in [9.17, 15) is 0 Å². The van der Waals surface area contributed by atoms with Gasteiger partial charge >= 0.3 is 0 Å². The van der Waals surface area contributed by atoms with Crippen molar-refractivity contribution < 1.29 is 0 Å². The van der Waals surface area contributed by atoms with Crippen LogP contribution in [0, 0.1) is 26.7 Å². The molecule has 2 aliphatic rings. The van der Waals surface area contributed by atoms with Crippen molar-refractivity contribution >= 4 is 5.69 Å². The molecule has 2 nitrogen and oxygen atoms in total. The first-order valence-corrected chi connectivity index (χ1v) is 10.6. The summed E-state index contributed by atoms with van der Waals surface area (Å²) < 4.78 is 0. The number of para-hydroxylation sites is 1. The fraction of sp³-hybridized carbons (Fsp3) is 0.520. The molecular formula is C25H34N2. The van der Waals surface area contributed by atoms with Crippen LogP contribution in [0.1, 0.15) is 61.0 Å². The molecule has 0 amide bonds. The Hall–Kier alpha value is -1.80. The molecule has 3 atom stereocenters. The van der Waals surface area contributed by atoms with Gasteiger partial charge in [-0.2, -0.15) is 0 Å². The van der Waals surface area contributed by atoms with Crippen LogP contribution in [0.5, 0.6) is 0 Å². The smallest absolute Gasteiger partial charge is 0.109 e. The number of nitrogens with zero attached hydrogens (tertiary/aromatic N) is 2. The lowest BCUT2D eigenvalue weighted by atomic mass is 9.92. The zero-order valence-electron chi connectivity index (χ0n) is 17.6. The van der Waals surface area contributed by atoms with E-state index in [1.807, 2.05) is 0 Å². The van der Waals surface area contributed by atoms with Crippen molar-refractivity contribution in [3.8, 4) is 0 Å². The molecule has 1 saturated carbocycles. The lowest BCUT2D eigenvalue weighted by molar-refractivity contribution is 0.179. The van der Waals surface area contributed by atoms with E-state index in [-0.39, 0.29) is 0 Å². The first-order chi connectivity index (χ1) is 13.0. The Kier molecular flexibility index (Phi) is 5.03. The summed E-state index contributed by atoms with van der Waals surface area (Å²) in [4.78, 5) is 5.41. The monoisotopic (exact) mass is 362 g/mol. The summed E-state index contributed by atoms with van der Waals surface area (Å²) in [7, 11) is 2.37. The lowest BCUT2D eigenvalue weighted by Gasteiger charge is -2.35. The van der Waals surface area contributed by atoms with Crippen LogP contribution in [0.4, 0.5) is 5.69 Å². The van der Waals surface area contributed by atoms with E-state index in [0.29, 0.717) is 18.2 Å². The van der Waals surface area contributed by atoms with Gasteiger partial charge in [0, 0.05) is 17.8 Å². The van der Waals surface area contributed by atoms with Gasteiger partial charge in [-0.15, -0.1) is 0 Å². The van der Waals surface area contributed by atoms with Gasteiger partial charge in [0.1, 0.15) is 6.17 Å². The molecule has 0 radical (unpaired) electrons. The van der Waals surface area contributed by atoms with Crippen LogP contribution in [0.25, 0.3) is 0 Å². The van der Waals surface area contributed by atoms with Gasteiger partial charge in [0.2, 0.25) is 0 Å². The lowest BCUT2D eigenvalue weighted by Crippen LogP contribution is -2.39. The predicted molar refractivity (Wildman–Crippen MR) is 115 cm³/mol. The summed E-state index contributed by atoms with van der Waals surface area (Å²) in [5, 5.41) is 0. The Balaban J connectivity index is 1.85. The number of hydrogen-bond donors (Lipinski definition) is 0. The Morgan fingerprint density at radius 3 is 2.04 bits per heavy atom. The number of rotatable bonds is 3. The van der Waals surface area contributed by atoms with Crippen LogP contribution < -0.4 is 4.90 Å². The Bertz CT molecular complexity index is 785. The number of aryl methyl sites for hydroxylation is 3. The second-order valence-electron chi connectivity index (χ2n) is 8.81. The molecule has 2 aromatic rings. The highest BCUT2D eigenvalue weighted by molar-refractivity contribution is 5.58. The maximum atomic E-state index is 2.72. The van der Waals surface area contributed by atoms with Crippen molar-refractivity contribution in [1.29, 1.82) is 0 Å². The van der Waals surface area contributed by atoms with Crippen LogP contribution in [0.15, 0.2) is 42.5 Å². The molecule has 2 aromatic carbocycles. The fourth-order valence-corrected chi connectivity index (χ4v) is 5.89. The Labute approximate surface area is 165 Å². The van der Waals surface area contributed by atoms with E-state index in [1.54, 1.807) is 0 Å². The normalized spacial score (nSPS) is 26.9. The highest BCUT2D eigenvalue weighted by Gasteiger charge is 2.48. The molecule has 4 rings (SSSR count). The van der Waals surface area contributed by atoms with Crippen molar-refractivity contribution in [1.82, 2.24) is 4.90 Å². The average Bonchev–Trinajstić information content (AvgIpc) is 3.23. The van der Waals surface area contributed by atoms with Crippen molar-refractivity contribution in [2.75, 3.05) is 11.9 Å². The Morgan fingerprint density at radius 2 is 1.41 bits per heavy atom. The number of benzene rings is 2. The second-order valence-corrected chi connectivity index (χ2v) is 8.81. The van der Waals surface area contributed by atoms with Crippen LogP contribution in [-0.2, 0) is 0 Å². The van der Waals surface area contributed by atoms with Gasteiger partial charge in [0.15, 0.2) is 0 Å². The average molecular weight is 363 g/mol. The number of likely N-dealkylation sites (N-methyl/N-ethyl adjacent to an activating group) is 1. The Morgan fingerprint density at radius 1 is 0.815 bits per heavy atom.